The highest BCUT2D eigenvalue weighted by Gasteiger charge is 2.26. The molecule has 0 unspecified atom stereocenters. The van der Waals surface area contributed by atoms with Gasteiger partial charge in [-0.15, -0.1) is 0 Å². The van der Waals surface area contributed by atoms with Crippen LogP contribution >= 0.6 is 11.6 Å². The van der Waals surface area contributed by atoms with E-state index in [0.29, 0.717) is 10.6 Å². The Balaban J connectivity index is 2.94. The van der Waals surface area contributed by atoms with E-state index < -0.39 is 5.97 Å². The molecule has 0 atom stereocenters. The van der Waals surface area contributed by atoms with E-state index in [9.17, 15) is 9.90 Å². The molecule has 0 aromatic carbocycles. The normalized spacial score (nSPS) is 20.3. The van der Waals surface area contributed by atoms with Gasteiger partial charge in [-0.05, 0) is 74.3 Å². The summed E-state index contributed by atoms with van der Waals surface area (Å²) in [6, 6.07) is 0. The largest absolute Gasteiger partial charge is 0.545 e. The maximum atomic E-state index is 10.5. The van der Waals surface area contributed by atoms with Crippen LogP contribution < -0.4 is 5.11 Å². The molecule has 1 aliphatic carbocycles. The van der Waals surface area contributed by atoms with Gasteiger partial charge < -0.3 is 9.90 Å². The van der Waals surface area contributed by atoms with Crippen LogP contribution in [-0.4, -0.2) is 5.97 Å². The lowest BCUT2D eigenvalue weighted by Gasteiger charge is -2.33. The summed E-state index contributed by atoms with van der Waals surface area (Å²) < 4.78 is 0. The molecule has 3 heteroatoms. The Morgan fingerprint density at radius 2 is 1.87 bits per heavy atom. The highest BCUT2D eigenvalue weighted by molar-refractivity contribution is 6.31. The first kappa shape index (κ1) is 19.5. The van der Waals surface area contributed by atoms with Crippen LogP contribution in [0.2, 0.25) is 0 Å². The molecular weight excluding hydrogens is 308 g/mol. The number of halogens is 1. The summed E-state index contributed by atoms with van der Waals surface area (Å²) in [5, 5.41) is 11.1. The van der Waals surface area contributed by atoms with E-state index >= 15 is 0 Å². The zero-order valence-electron chi connectivity index (χ0n) is 14.7. The van der Waals surface area contributed by atoms with Crippen molar-refractivity contribution in [2.75, 3.05) is 0 Å². The molecule has 0 bridgehead atoms. The lowest BCUT2D eigenvalue weighted by atomic mass is 9.72. The van der Waals surface area contributed by atoms with Gasteiger partial charge in [-0.1, -0.05) is 49.2 Å². The molecule has 0 aliphatic heterocycles. The Hall–Kier alpha value is -1.54. The van der Waals surface area contributed by atoms with Gasteiger partial charge in [0.2, 0.25) is 0 Å². The predicted octanol–water partition coefficient (Wildman–Crippen LogP) is 4.83. The van der Waals surface area contributed by atoms with Gasteiger partial charge in [0, 0.05) is 5.03 Å². The molecule has 0 aromatic rings. The number of carbonyl (C=O) groups excluding carboxylic acids is 1. The number of rotatable bonds is 5. The summed E-state index contributed by atoms with van der Waals surface area (Å²) in [5.41, 5.74) is 4.59. The minimum absolute atomic E-state index is 0.204. The minimum Gasteiger partial charge on any atom is -0.545 e. The Labute approximate surface area is 144 Å². The van der Waals surface area contributed by atoms with Crippen molar-refractivity contribution in [3.05, 3.63) is 57.7 Å². The SMILES string of the molecule is CC1=C(/C=C/C(C)=C(Cl)\C=C\C(C)=C\C(=O)[O-])C(C)(C)CCC1. The highest BCUT2D eigenvalue weighted by atomic mass is 35.5. The topological polar surface area (TPSA) is 40.1 Å². The summed E-state index contributed by atoms with van der Waals surface area (Å²) in [6.45, 7) is 10.4. The first-order valence-electron chi connectivity index (χ1n) is 7.95. The van der Waals surface area contributed by atoms with E-state index in [4.69, 9.17) is 11.6 Å². The summed E-state index contributed by atoms with van der Waals surface area (Å²) in [7, 11) is 0. The quantitative estimate of drug-likeness (QED) is 0.533. The second-order valence-electron chi connectivity index (χ2n) is 6.84. The number of hydrogen-bond donors (Lipinski definition) is 0. The average molecular weight is 334 g/mol. The number of hydrogen-bond acceptors (Lipinski definition) is 2. The molecule has 0 aromatic heterocycles. The summed E-state index contributed by atoms with van der Waals surface area (Å²) >= 11 is 6.27. The van der Waals surface area contributed by atoms with Gasteiger partial charge in [0.05, 0.1) is 5.97 Å². The lowest BCUT2D eigenvalue weighted by Crippen LogP contribution is -2.19. The van der Waals surface area contributed by atoms with Gasteiger partial charge in [0.1, 0.15) is 0 Å². The van der Waals surface area contributed by atoms with Crippen molar-refractivity contribution in [1.29, 1.82) is 0 Å². The zero-order chi connectivity index (χ0) is 17.6. The Bertz CT molecular complexity index is 614. The summed E-state index contributed by atoms with van der Waals surface area (Å²) in [6.07, 6.45) is 12.2. The van der Waals surface area contributed by atoms with Crippen LogP contribution in [-0.2, 0) is 4.79 Å². The zero-order valence-corrected chi connectivity index (χ0v) is 15.5. The molecule has 2 nitrogen and oxygen atoms in total. The van der Waals surface area contributed by atoms with Crippen molar-refractivity contribution in [3.8, 4) is 0 Å². The van der Waals surface area contributed by atoms with Gasteiger partial charge in [0.15, 0.2) is 0 Å². The van der Waals surface area contributed by atoms with Crippen molar-refractivity contribution in [1.82, 2.24) is 0 Å². The Morgan fingerprint density at radius 3 is 2.43 bits per heavy atom. The fourth-order valence-electron chi connectivity index (χ4n) is 2.87. The molecule has 0 radical (unpaired) electrons. The molecule has 0 spiro atoms. The smallest absolute Gasteiger partial charge is 0.0645 e. The van der Waals surface area contributed by atoms with E-state index in [0.717, 1.165) is 18.1 Å². The molecule has 126 valence electrons. The Kier molecular flexibility index (Phi) is 7.08. The first-order chi connectivity index (χ1) is 10.6. The van der Waals surface area contributed by atoms with Crippen molar-refractivity contribution in [2.45, 2.75) is 53.9 Å². The molecule has 1 rings (SSSR count). The number of carboxylic acid groups (broad SMARTS) is 1. The van der Waals surface area contributed by atoms with Crippen LogP contribution in [0, 0.1) is 5.41 Å². The fourth-order valence-corrected chi connectivity index (χ4v) is 2.99. The molecule has 0 saturated carbocycles. The third-order valence-electron chi connectivity index (χ3n) is 4.26. The van der Waals surface area contributed by atoms with E-state index in [1.807, 2.05) is 13.0 Å². The van der Waals surface area contributed by atoms with Crippen LogP contribution in [0.4, 0.5) is 0 Å². The standard InChI is InChI=1S/C20H27ClO2/c1-14(13-19(22)23)8-11-18(21)16(3)9-10-17-15(2)7-6-12-20(17,4)5/h8-11,13H,6-7,12H2,1-5H3,(H,22,23)/p-1/b10-9+,11-8+,14-13+,18-16+. The highest BCUT2D eigenvalue weighted by Crippen LogP contribution is 2.40. The van der Waals surface area contributed by atoms with Gasteiger partial charge >= 0.3 is 0 Å². The van der Waals surface area contributed by atoms with Gasteiger partial charge in [-0.2, -0.15) is 0 Å². The molecule has 23 heavy (non-hydrogen) atoms. The second-order valence-corrected chi connectivity index (χ2v) is 7.24. The molecule has 0 saturated heterocycles. The predicted molar refractivity (Wildman–Crippen MR) is 95.9 cm³/mol. The lowest BCUT2D eigenvalue weighted by molar-refractivity contribution is -0.297. The van der Waals surface area contributed by atoms with Gasteiger partial charge in [0.25, 0.3) is 0 Å². The summed E-state index contributed by atoms with van der Waals surface area (Å²) in [4.78, 5) is 10.5. The third kappa shape index (κ3) is 6.23. The van der Waals surface area contributed by atoms with E-state index in [1.54, 1.807) is 19.1 Å². The van der Waals surface area contributed by atoms with Crippen molar-refractivity contribution < 1.29 is 9.90 Å². The second kappa shape index (κ2) is 8.35. The van der Waals surface area contributed by atoms with Crippen LogP contribution in [0.3, 0.4) is 0 Å². The molecular formula is C20H26ClO2-. The number of carbonyl (C=O) groups is 1. The van der Waals surface area contributed by atoms with Gasteiger partial charge in [-0.3, -0.25) is 0 Å². The summed E-state index contributed by atoms with van der Waals surface area (Å²) in [5.74, 6) is -1.20. The van der Waals surface area contributed by atoms with E-state index in [-0.39, 0.29) is 5.41 Å². The number of aliphatic carboxylic acids is 1. The van der Waals surface area contributed by atoms with Crippen molar-refractivity contribution in [3.63, 3.8) is 0 Å². The molecule has 1 aliphatic rings. The monoisotopic (exact) mass is 333 g/mol. The number of allylic oxidation sites excluding steroid dienone is 9. The minimum atomic E-state index is -1.20. The molecule has 0 heterocycles. The Morgan fingerprint density at radius 1 is 1.22 bits per heavy atom. The number of carboxylic acids is 1. The fraction of sp³-hybridized carbons (Fsp3) is 0.450. The van der Waals surface area contributed by atoms with E-state index in [2.05, 4.69) is 26.8 Å². The average Bonchev–Trinajstić information content (AvgIpc) is 2.42. The maximum Gasteiger partial charge on any atom is 0.0645 e. The van der Waals surface area contributed by atoms with Crippen LogP contribution in [0.25, 0.3) is 0 Å². The first-order valence-corrected chi connectivity index (χ1v) is 8.33. The van der Waals surface area contributed by atoms with E-state index in [1.165, 1.54) is 24.0 Å². The molecule has 0 fully saturated rings. The maximum absolute atomic E-state index is 10.5. The van der Waals surface area contributed by atoms with Crippen molar-refractivity contribution in [2.24, 2.45) is 5.41 Å². The third-order valence-corrected chi connectivity index (χ3v) is 4.68. The molecule has 0 amide bonds. The van der Waals surface area contributed by atoms with Crippen LogP contribution in [0.15, 0.2) is 57.7 Å². The molecule has 0 N–H and O–H groups in total. The van der Waals surface area contributed by atoms with Crippen LogP contribution in [0.5, 0.6) is 0 Å². The van der Waals surface area contributed by atoms with Crippen LogP contribution in [0.1, 0.15) is 53.9 Å². The van der Waals surface area contributed by atoms with Crippen molar-refractivity contribution >= 4 is 17.6 Å². The van der Waals surface area contributed by atoms with Gasteiger partial charge in [-0.25, -0.2) is 0 Å².